The number of carbonyl (C=O) groups is 1. The van der Waals surface area contributed by atoms with E-state index in [1.165, 1.54) is 0 Å². The van der Waals surface area contributed by atoms with Gasteiger partial charge < -0.3 is 9.80 Å². The Morgan fingerprint density at radius 3 is 2.66 bits per heavy atom. The van der Waals surface area contributed by atoms with Gasteiger partial charge in [0.25, 0.3) is 5.91 Å². The molecule has 8 heteroatoms. The van der Waals surface area contributed by atoms with E-state index in [4.69, 9.17) is 16.6 Å². The molecule has 1 fully saturated rings. The lowest BCUT2D eigenvalue weighted by molar-refractivity contribution is 0.0732. The first-order chi connectivity index (χ1) is 14.0. The lowest BCUT2D eigenvalue weighted by atomic mass is 9.99. The first-order valence-corrected chi connectivity index (χ1v) is 9.94. The Labute approximate surface area is 174 Å². The average molecular weight is 411 g/mol. The maximum Gasteiger partial charge on any atom is 0.257 e. The molecule has 0 radical (unpaired) electrons. The summed E-state index contributed by atoms with van der Waals surface area (Å²) >= 11 is 6.07. The van der Waals surface area contributed by atoms with Crippen molar-refractivity contribution < 1.29 is 4.79 Å². The topological polar surface area (TPSA) is 78.0 Å². The van der Waals surface area contributed by atoms with Crippen LogP contribution in [0, 0.1) is 6.92 Å². The van der Waals surface area contributed by atoms with Gasteiger partial charge in [-0.2, -0.15) is 5.10 Å². The summed E-state index contributed by atoms with van der Waals surface area (Å²) in [4.78, 5) is 26.4. The van der Waals surface area contributed by atoms with Crippen molar-refractivity contribution >= 4 is 23.5 Å². The highest BCUT2D eigenvalue weighted by molar-refractivity contribution is 6.30. The highest BCUT2D eigenvalue weighted by Crippen LogP contribution is 2.38. The smallest absolute Gasteiger partial charge is 0.257 e. The van der Waals surface area contributed by atoms with Gasteiger partial charge in [-0.3, -0.25) is 9.89 Å². The molecule has 0 unspecified atom stereocenters. The van der Waals surface area contributed by atoms with Crippen LogP contribution in [0.1, 0.15) is 40.6 Å². The minimum Gasteiger partial charge on any atom is -0.347 e. The summed E-state index contributed by atoms with van der Waals surface area (Å²) in [6, 6.07) is 7.51. The van der Waals surface area contributed by atoms with Crippen molar-refractivity contribution in [2.45, 2.75) is 25.8 Å². The fourth-order valence-electron chi connectivity index (χ4n) is 3.72. The minimum atomic E-state index is -0.121. The zero-order valence-electron chi connectivity index (χ0n) is 16.7. The van der Waals surface area contributed by atoms with Crippen LogP contribution in [-0.2, 0) is 0 Å². The Hall–Kier alpha value is -2.93. The number of aryl methyl sites for hydroxylation is 1. The maximum atomic E-state index is 13.2. The largest absolute Gasteiger partial charge is 0.347 e. The summed E-state index contributed by atoms with van der Waals surface area (Å²) in [7, 11) is 3.82. The molecule has 0 aliphatic carbocycles. The number of carbonyl (C=O) groups excluding carboxylic acids is 1. The monoisotopic (exact) mass is 410 g/mol. The number of nitrogens with one attached hydrogen (secondary N) is 1. The van der Waals surface area contributed by atoms with Crippen LogP contribution in [0.2, 0.25) is 5.02 Å². The van der Waals surface area contributed by atoms with Crippen molar-refractivity contribution in [1.29, 1.82) is 0 Å². The molecule has 1 amide bonds. The molecule has 0 bridgehead atoms. The van der Waals surface area contributed by atoms with Gasteiger partial charge in [0.1, 0.15) is 0 Å². The molecule has 0 saturated carbocycles. The number of aromatic amines is 1. The van der Waals surface area contributed by atoms with E-state index >= 15 is 0 Å². The molecule has 1 N–H and O–H groups in total. The van der Waals surface area contributed by atoms with Crippen LogP contribution in [0.3, 0.4) is 0 Å². The van der Waals surface area contributed by atoms with Crippen LogP contribution < -0.4 is 4.90 Å². The summed E-state index contributed by atoms with van der Waals surface area (Å²) < 4.78 is 0. The number of anilines is 1. The molecular formula is C21H23ClN6O. The molecule has 1 aliphatic rings. The third-order valence-electron chi connectivity index (χ3n) is 5.25. The van der Waals surface area contributed by atoms with E-state index in [-0.39, 0.29) is 11.9 Å². The molecule has 2 aromatic heterocycles. The van der Waals surface area contributed by atoms with E-state index in [9.17, 15) is 4.79 Å². The lowest BCUT2D eigenvalue weighted by Gasteiger charge is -2.26. The lowest BCUT2D eigenvalue weighted by Crippen LogP contribution is -2.32. The van der Waals surface area contributed by atoms with Crippen molar-refractivity contribution in [2.24, 2.45) is 0 Å². The maximum absolute atomic E-state index is 13.2. The predicted octanol–water partition coefficient (Wildman–Crippen LogP) is 3.87. The second-order valence-electron chi connectivity index (χ2n) is 7.44. The summed E-state index contributed by atoms with van der Waals surface area (Å²) in [5.74, 6) is 0.599. The number of rotatable bonds is 4. The Bertz CT molecular complexity index is 1030. The van der Waals surface area contributed by atoms with Crippen molar-refractivity contribution in [3.8, 4) is 11.1 Å². The third-order valence-corrected chi connectivity index (χ3v) is 5.50. The molecule has 1 atom stereocenters. The number of hydrogen-bond donors (Lipinski definition) is 1. The Balaban J connectivity index is 1.79. The zero-order valence-corrected chi connectivity index (χ0v) is 17.4. The number of benzene rings is 1. The minimum absolute atomic E-state index is 0.0224. The summed E-state index contributed by atoms with van der Waals surface area (Å²) in [5, 5.41) is 7.53. The highest BCUT2D eigenvalue weighted by Gasteiger charge is 2.34. The third kappa shape index (κ3) is 3.70. The van der Waals surface area contributed by atoms with Crippen LogP contribution in [-0.4, -0.2) is 51.6 Å². The van der Waals surface area contributed by atoms with E-state index < -0.39 is 0 Å². The Kier molecular flexibility index (Phi) is 5.24. The van der Waals surface area contributed by atoms with Crippen molar-refractivity contribution in [2.75, 3.05) is 25.5 Å². The van der Waals surface area contributed by atoms with Gasteiger partial charge in [-0.25, -0.2) is 9.97 Å². The molecule has 1 aliphatic heterocycles. The van der Waals surface area contributed by atoms with Gasteiger partial charge in [-0.1, -0.05) is 23.7 Å². The zero-order chi connectivity index (χ0) is 20.5. The molecular weight excluding hydrogens is 388 g/mol. The molecule has 3 heterocycles. The van der Waals surface area contributed by atoms with Gasteiger partial charge in [-0.15, -0.1) is 0 Å². The van der Waals surface area contributed by atoms with Crippen molar-refractivity contribution in [3.63, 3.8) is 0 Å². The number of aromatic nitrogens is 4. The summed E-state index contributed by atoms with van der Waals surface area (Å²) in [6.45, 7) is 2.55. The quantitative estimate of drug-likeness (QED) is 0.706. The number of hydrogen-bond acceptors (Lipinski definition) is 5. The second-order valence-corrected chi connectivity index (χ2v) is 7.87. The van der Waals surface area contributed by atoms with Crippen molar-refractivity contribution in [3.05, 3.63) is 58.6 Å². The molecule has 4 rings (SSSR count). The van der Waals surface area contributed by atoms with E-state index in [0.717, 1.165) is 35.4 Å². The van der Waals surface area contributed by atoms with E-state index in [1.807, 2.05) is 61.3 Å². The fourth-order valence-corrected chi connectivity index (χ4v) is 3.85. The molecule has 1 saturated heterocycles. The molecule has 7 nitrogen and oxygen atoms in total. The summed E-state index contributed by atoms with van der Waals surface area (Å²) in [6.07, 6.45) is 5.21. The van der Waals surface area contributed by atoms with E-state index in [1.54, 1.807) is 6.20 Å². The van der Waals surface area contributed by atoms with Crippen molar-refractivity contribution in [1.82, 2.24) is 25.1 Å². The van der Waals surface area contributed by atoms with E-state index in [0.29, 0.717) is 23.1 Å². The first-order valence-electron chi connectivity index (χ1n) is 9.57. The normalized spacial score (nSPS) is 16.3. The number of halogens is 1. The highest BCUT2D eigenvalue weighted by atomic mass is 35.5. The second kappa shape index (κ2) is 7.83. The first kappa shape index (κ1) is 19.4. The molecule has 29 heavy (non-hydrogen) atoms. The van der Waals surface area contributed by atoms with Crippen LogP contribution >= 0.6 is 11.6 Å². The van der Waals surface area contributed by atoms with Gasteiger partial charge in [0.2, 0.25) is 5.95 Å². The van der Waals surface area contributed by atoms with Gasteiger partial charge in [-0.05, 0) is 37.5 Å². The number of amides is 1. The Morgan fingerprint density at radius 2 is 2.00 bits per heavy atom. The average Bonchev–Trinajstić information content (AvgIpc) is 3.36. The van der Waals surface area contributed by atoms with Gasteiger partial charge in [0.05, 0.1) is 23.5 Å². The molecule has 1 aromatic carbocycles. The molecule has 3 aromatic rings. The van der Waals surface area contributed by atoms with Crippen LogP contribution in [0.5, 0.6) is 0 Å². The van der Waals surface area contributed by atoms with Gasteiger partial charge >= 0.3 is 0 Å². The van der Waals surface area contributed by atoms with Crippen LogP contribution in [0.4, 0.5) is 5.95 Å². The van der Waals surface area contributed by atoms with Gasteiger partial charge in [0.15, 0.2) is 0 Å². The van der Waals surface area contributed by atoms with Gasteiger partial charge in [0, 0.05) is 43.1 Å². The van der Waals surface area contributed by atoms with E-state index in [2.05, 4.69) is 15.2 Å². The standard InChI is InChI=1S/C21H23ClN6O/c1-13-16(12-24-26-13)20(29)28-10-4-5-18(28)19-17(11-23-21(25-19)27(2)3)14-6-8-15(22)9-7-14/h6-9,11-12,18H,4-5,10H2,1-3H3,(H,24,26)/t18-/m1/s1. The fraction of sp³-hybridized carbons (Fsp3) is 0.333. The summed E-state index contributed by atoms with van der Waals surface area (Å²) in [5.41, 5.74) is 4.13. The van der Waals surface area contributed by atoms with Crippen LogP contribution in [0.25, 0.3) is 11.1 Å². The number of H-pyrrole nitrogens is 1. The number of nitrogens with zero attached hydrogens (tertiary/aromatic N) is 5. The molecule has 150 valence electrons. The van der Waals surface area contributed by atoms with Crippen LogP contribution in [0.15, 0.2) is 36.7 Å². The predicted molar refractivity (Wildman–Crippen MR) is 113 cm³/mol. The molecule has 0 spiro atoms. The number of likely N-dealkylation sites (tertiary alicyclic amines) is 1. The SMILES string of the molecule is Cc1[nH]ncc1C(=O)N1CCC[C@@H]1c1nc(N(C)C)ncc1-c1ccc(Cl)cc1. The Morgan fingerprint density at radius 1 is 1.24 bits per heavy atom.